The van der Waals surface area contributed by atoms with Crippen molar-refractivity contribution < 1.29 is 14.5 Å². The number of carbonyl (C=O) groups is 1. The van der Waals surface area contributed by atoms with Crippen molar-refractivity contribution in [3.05, 3.63) is 72.6 Å². The molecule has 8 heteroatoms. The highest BCUT2D eigenvalue weighted by Gasteiger charge is 2.19. The van der Waals surface area contributed by atoms with E-state index in [9.17, 15) is 19.7 Å². The van der Waals surface area contributed by atoms with E-state index in [0.29, 0.717) is 0 Å². The van der Waals surface area contributed by atoms with Crippen LogP contribution >= 0.6 is 15.9 Å². The summed E-state index contributed by atoms with van der Waals surface area (Å²) in [5.74, 6) is -0.904. The van der Waals surface area contributed by atoms with Crippen molar-refractivity contribution in [2.45, 2.75) is 6.54 Å². The van der Waals surface area contributed by atoms with E-state index < -0.39 is 16.5 Å². The molecule has 0 aliphatic carbocycles. The number of nitro groups is 1. The molecular weight excluding hydrogens is 356 g/mol. The van der Waals surface area contributed by atoms with Crippen LogP contribution in [0.3, 0.4) is 0 Å². The lowest BCUT2D eigenvalue weighted by atomic mass is 10.2. The molecule has 0 saturated carbocycles. The van der Waals surface area contributed by atoms with Crippen LogP contribution in [0, 0.1) is 10.1 Å². The molecule has 1 aromatic heterocycles. The van der Waals surface area contributed by atoms with Crippen molar-refractivity contribution in [2.75, 3.05) is 7.11 Å². The second kappa shape index (κ2) is 6.52. The Morgan fingerprint density at radius 3 is 2.55 bits per heavy atom. The van der Waals surface area contributed by atoms with E-state index in [1.807, 2.05) is 0 Å². The number of benzene rings is 1. The highest BCUT2D eigenvalue weighted by Crippen LogP contribution is 2.14. The summed E-state index contributed by atoms with van der Waals surface area (Å²) in [4.78, 5) is 34.1. The fourth-order valence-electron chi connectivity index (χ4n) is 1.88. The quantitative estimate of drug-likeness (QED) is 0.470. The smallest absolute Gasteiger partial charge is 0.343 e. The van der Waals surface area contributed by atoms with Crippen LogP contribution in [-0.2, 0) is 11.3 Å². The van der Waals surface area contributed by atoms with Crippen LogP contribution in [0.4, 0.5) is 5.69 Å². The van der Waals surface area contributed by atoms with Gasteiger partial charge in [0.05, 0.1) is 24.8 Å². The van der Waals surface area contributed by atoms with Gasteiger partial charge in [0.2, 0.25) is 0 Å². The maximum atomic E-state index is 12.2. The van der Waals surface area contributed by atoms with Crippen LogP contribution in [0.25, 0.3) is 0 Å². The normalized spacial score (nSPS) is 10.3. The van der Waals surface area contributed by atoms with Crippen molar-refractivity contribution in [2.24, 2.45) is 0 Å². The highest BCUT2D eigenvalue weighted by atomic mass is 79.9. The first-order valence-electron chi connectivity index (χ1n) is 6.14. The van der Waals surface area contributed by atoms with Crippen molar-refractivity contribution in [3.8, 4) is 0 Å². The summed E-state index contributed by atoms with van der Waals surface area (Å²) >= 11 is 3.30. The summed E-state index contributed by atoms with van der Waals surface area (Å²) in [5.41, 5.74) is -0.590. The third-order valence-electron chi connectivity index (χ3n) is 2.95. The first-order chi connectivity index (χ1) is 10.4. The van der Waals surface area contributed by atoms with Crippen molar-refractivity contribution in [1.29, 1.82) is 0 Å². The van der Waals surface area contributed by atoms with Crippen molar-refractivity contribution >= 4 is 27.6 Å². The van der Waals surface area contributed by atoms with Gasteiger partial charge in [-0.25, -0.2) is 4.79 Å². The lowest BCUT2D eigenvalue weighted by molar-refractivity contribution is -0.385. The highest BCUT2D eigenvalue weighted by molar-refractivity contribution is 9.10. The van der Waals surface area contributed by atoms with Gasteiger partial charge >= 0.3 is 5.97 Å². The molecule has 22 heavy (non-hydrogen) atoms. The van der Waals surface area contributed by atoms with E-state index >= 15 is 0 Å². The molecule has 1 heterocycles. The zero-order chi connectivity index (χ0) is 16.3. The van der Waals surface area contributed by atoms with E-state index in [0.717, 1.165) is 34.0 Å². The van der Waals surface area contributed by atoms with Gasteiger partial charge in [0.1, 0.15) is 5.56 Å². The predicted octanol–water partition coefficient (Wildman–Crippen LogP) is 2.35. The Hall–Kier alpha value is -2.48. The molecule has 0 saturated heterocycles. The third-order valence-corrected chi connectivity index (χ3v) is 3.48. The molecule has 0 unspecified atom stereocenters. The second-order valence-corrected chi connectivity index (χ2v) is 5.34. The van der Waals surface area contributed by atoms with E-state index in [4.69, 9.17) is 0 Å². The molecule has 0 fully saturated rings. The van der Waals surface area contributed by atoms with E-state index in [1.165, 1.54) is 0 Å². The van der Waals surface area contributed by atoms with Gasteiger partial charge in [-0.05, 0) is 17.7 Å². The molecule has 0 aliphatic rings. The molecule has 2 rings (SSSR count). The molecular formula is C14H11BrN2O5. The van der Waals surface area contributed by atoms with Crippen LogP contribution in [-0.4, -0.2) is 22.6 Å². The monoisotopic (exact) mass is 366 g/mol. The van der Waals surface area contributed by atoms with Crippen LogP contribution in [0.2, 0.25) is 0 Å². The van der Waals surface area contributed by atoms with Gasteiger partial charge in [0, 0.05) is 10.5 Å². The Kier molecular flexibility index (Phi) is 4.71. The number of nitrogens with zero attached hydrogens (tertiary/aromatic N) is 2. The molecule has 0 amide bonds. The maximum Gasteiger partial charge on any atom is 0.343 e. The van der Waals surface area contributed by atoms with Crippen LogP contribution in [0.1, 0.15) is 15.9 Å². The van der Waals surface area contributed by atoms with Crippen LogP contribution in [0.15, 0.2) is 45.8 Å². The van der Waals surface area contributed by atoms with Crippen molar-refractivity contribution in [3.63, 3.8) is 0 Å². The summed E-state index contributed by atoms with van der Waals surface area (Å²) in [6.07, 6.45) is 1.11. The average molecular weight is 367 g/mol. The number of hydrogen-bond donors (Lipinski definition) is 0. The lowest BCUT2D eigenvalue weighted by Crippen LogP contribution is -2.27. The molecule has 114 valence electrons. The first-order valence-corrected chi connectivity index (χ1v) is 6.93. The van der Waals surface area contributed by atoms with Gasteiger partial charge < -0.3 is 9.30 Å². The first kappa shape index (κ1) is 15.9. The van der Waals surface area contributed by atoms with Gasteiger partial charge in [-0.2, -0.15) is 0 Å². The van der Waals surface area contributed by atoms with Crippen LogP contribution in [0.5, 0.6) is 0 Å². The number of halogens is 1. The van der Waals surface area contributed by atoms with E-state index in [2.05, 4.69) is 20.7 Å². The zero-order valence-electron chi connectivity index (χ0n) is 11.5. The number of ether oxygens (including phenoxy) is 1. The largest absolute Gasteiger partial charge is 0.465 e. The molecule has 2 aromatic rings. The minimum absolute atomic E-state index is 0.109. The number of carbonyl (C=O) groups excluding carboxylic acids is 1. The number of aromatic nitrogens is 1. The fraction of sp³-hybridized carbons (Fsp3) is 0.143. The van der Waals surface area contributed by atoms with Crippen LogP contribution < -0.4 is 5.56 Å². The zero-order valence-corrected chi connectivity index (χ0v) is 13.1. The Morgan fingerprint density at radius 2 is 2.00 bits per heavy atom. The molecule has 0 aliphatic heterocycles. The molecule has 0 N–H and O–H groups in total. The summed E-state index contributed by atoms with van der Waals surface area (Å²) in [6, 6.07) is 8.05. The Morgan fingerprint density at radius 1 is 1.36 bits per heavy atom. The molecule has 0 atom stereocenters. The molecule has 0 radical (unpaired) electrons. The fourth-order valence-corrected chi connectivity index (χ4v) is 2.14. The number of pyridine rings is 1. The van der Waals surface area contributed by atoms with Crippen molar-refractivity contribution in [1.82, 2.24) is 4.57 Å². The number of methoxy groups -OCH3 is 1. The average Bonchev–Trinajstić information content (AvgIpc) is 2.50. The maximum absolute atomic E-state index is 12.2. The van der Waals surface area contributed by atoms with E-state index in [-0.39, 0.29) is 17.8 Å². The second-order valence-electron chi connectivity index (χ2n) is 4.42. The number of rotatable bonds is 4. The number of hydrogen-bond acceptors (Lipinski definition) is 5. The topological polar surface area (TPSA) is 91.4 Å². The number of esters is 1. The van der Waals surface area contributed by atoms with Gasteiger partial charge in [-0.1, -0.05) is 28.1 Å². The summed E-state index contributed by atoms with van der Waals surface area (Å²) in [5, 5.41) is 11.0. The van der Waals surface area contributed by atoms with E-state index in [1.54, 1.807) is 24.3 Å². The molecule has 1 aromatic carbocycles. The summed E-state index contributed by atoms with van der Waals surface area (Å²) in [7, 11) is 1.11. The molecule has 7 nitrogen and oxygen atoms in total. The minimum atomic E-state index is -0.904. The SMILES string of the molecule is COC(=O)c1cc([N+](=O)[O-])cn(Cc2ccc(Br)cc2)c1=O. The molecule has 0 spiro atoms. The summed E-state index contributed by atoms with van der Waals surface area (Å²) in [6.45, 7) is 0.109. The van der Waals surface area contributed by atoms with Gasteiger partial charge in [-0.15, -0.1) is 0 Å². The Balaban J connectivity index is 2.51. The minimum Gasteiger partial charge on any atom is -0.465 e. The van der Waals surface area contributed by atoms with Gasteiger partial charge in [-0.3, -0.25) is 14.9 Å². The van der Waals surface area contributed by atoms with Gasteiger partial charge in [0.25, 0.3) is 11.2 Å². The third kappa shape index (κ3) is 3.40. The summed E-state index contributed by atoms with van der Waals surface area (Å²) < 4.78 is 6.48. The lowest BCUT2D eigenvalue weighted by Gasteiger charge is -2.08. The molecule has 0 bridgehead atoms. The van der Waals surface area contributed by atoms with Gasteiger partial charge in [0.15, 0.2) is 0 Å². The standard InChI is InChI=1S/C14H11BrN2O5/c1-22-14(19)12-6-11(17(20)21)8-16(13(12)18)7-9-2-4-10(15)5-3-9/h2-6,8H,7H2,1H3. The predicted molar refractivity (Wildman–Crippen MR) is 81.9 cm³/mol. The Labute approximate surface area is 133 Å². The Bertz CT molecular complexity index is 783.